The molecule has 0 aliphatic rings. The molecule has 2 heterocycles. The van der Waals surface area contributed by atoms with Crippen LogP contribution in [0.1, 0.15) is 45.7 Å². The number of carbonyl (C=O) groups is 2. The van der Waals surface area contributed by atoms with Gasteiger partial charge in [-0.1, -0.05) is 23.7 Å². The Kier molecular flexibility index (Phi) is 7.64. The number of hydrogen-bond donors (Lipinski definition) is 1. The molecule has 0 fully saturated rings. The van der Waals surface area contributed by atoms with Gasteiger partial charge in [0.15, 0.2) is 5.78 Å². The van der Waals surface area contributed by atoms with Gasteiger partial charge in [-0.25, -0.2) is 0 Å². The van der Waals surface area contributed by atoms with E-state index in [1.54, 1.807) is 36.1 Å². The van der Waals surface area contributed by atoms with Crippen LogP contribution in [0.15, 0.2) is 46.8 Å². The van der Waals surface area contributed by atoms with Gasteiger partial charge in [-0.3, -0.25) is 14.6 Å². The molecule has 0 saturated heterocycles. The first-order valence-corrected chi connectivity index (χ1v) is 11.9. The van der Waals surface area contributed by atoms with E-state index in [0.29, 0.717) is 39.1 Å². The first kappa shape index (κ1) is 23.2. The Labute approximate surface area is 194 Å². The summed E-state index contributed by atoms with van der Waals surface area (Å²) in [6.07, 6.45) is 0. The SMILES string of the molecule is CCN(CC)C(=O)c1ccc(C(=O)CN=C(C)c2csc(-c3ccc(Cl)cc3)c2O)s1. The molecule has 5 nitrogen and oxygen atoms in total. The molecule has 3 aromatic rings. The molecule has 0 atom stereocenters. The van der Waals surface area contributed by atoms with E-state index in [1.807, 2.05) is 31.4 Å². The van der Waals surface area contributed by atoms with E-state index in [0.717, 1.165) is 10.4 Å². The lowest BCUT2D eigenvalue weighted by molar-refractivity contribution is 0.0777. The fourth-order valence-corrected chi connectivity index (χ4v) is 5.08. The third-order valence-electron chi connectivity index (χ3n) is 4.86. The lowest BCUT2D eigenvalue weighted by Crippen LogP contribution is -2.29. The second kappa shape index (κ2) is 10.2. The first-order chi connectivity index (χ1) is 14.8. The van der Waals surface area contributed by atoms with Gasteiger partial charge in [-0.05, 0) is 50.6 Å². The monoisotopic (exact) mass is 474 g/mol. The van der Waals surface area contributed by atoms with Crippen LogP contribution in [0.2, 0.25) is 5.02 Å². The third kappa shape index (κ3) is 5.23. The lowest BCUT2D eigenvalue weighted by atomic mass is 10.1. The van der Waals surface area contributed by atoms with Gasteiger partial charge < -0.3 is 10.0 Å². The van der Waals surface area contributed by atoms with Gasteiger partial charge in [0.25, 0.3) is 5.91 Å². The normalized spacial score (nSPS) is 11.5. The van der Waals surface area contributed by atoms with Gasteiger partial charge in [-0.2, -0.15) is 0 Å². The van der Waals surface area contributed by atoms with E-state index >= 15 is 0 Å². The number of benzene rings is 1. The summed E-state index contributed by atoms with van der Waals surface area (Å²) >= 11 is 8.54. The summed E-state index contributed by atoms with van der Waals surface area (Å²) in [5.41, 5.74) is 2.05. The topological polar surface area (TPSA) is 70.0 Å². The Balaban J connectivity index is 1.72. The molecule has 31 heavy (non-hydrogen) atoms. The van der Waals surface area contributed by atoms with Gasteiger partial charge >= 0.3 is 0 Å². The summed E-state index contributed by atoms with van der Waals surface area (Å²) in [4.78, 5) is 32.9. The highest BCUT2D eigenvalue weighted by atomic mass is 35.5. The van der Waals surface area contributed by atoms with Crippen LogP contribution in [0.4, 0.5) is 0 Å². The Bertz CT molecular complexity index is 1110. The number of thiophene rings is 2. The minimum Gasteiger partial charge on any atom is -0.506 e. The van der Waals surface area contributed by atoms with Crippen molar-refractivity contribution in [2.75, 3.05) is 19.6 Å². The quantitative estimate of drug-likeness (QED) is 0.321. The second-order valence-electron chi connectivity index (χ2n) is 6.80. The number of aliphatic imine (C=N–C) groups is 1. The number of Topliss-reactive ketones (excluding diaryl/α,β-unsaturated/α-hetero) is 1. The maximum absolute atomic E-state index is 12.6. The Morgan fingerprint density at radius 2 is 1.71 bits per heavy atom. The molecule has 0 bridgehead atoms. The smallest absolute Gasteiger partial charge is 0.263 e. The van der Waals surface area contributed by atoms with Gasteiger partial charge in [0.05, 0.1) is 14.6 Å². The molecular weight excluding hydrogens is 452 g/mol. The van der Waals surface area contributed by atoms with Crippen LogP contribution in [-0.2, 0) is 0 Å². The summed E-state index contributed by atoms with van der Waals surface area (Å²) in [5.74, 6) is -0.0773. The third-order valence-corrected chi connectivity index (χ3v) is 7.25. The summed E-state index contributed by atoms with van der Waals surface area (Å²) in [5, 5.41) is 13.1. The number of hydrogen-bond acceptors (Lipinski definition) is 6. The molecule has 0 unspecified atom stereocenters. The zero-order chi connectivity index (χ0) is 22.5. The largest absolute Gasteiger partial charge is 0.506 e. The molecule has 0 spiro atoms. The van der Waals surface area contributed by atoms with E-state index in [9.17, 15) is 14.7 Å². The number of halogens is 1. The average Bonchev–Trinajstić information content (AvgIpc) is 3.40. The summed E-state index contributed by atoms with van der Waals surface area (Å²) in [6.45, 7) is 6.83. The highest BCUT2D eigenvalue weighted by Crippen LogP contribution is 2.39. The van der Waals surface area contributed by atoms with E-state index in [1.165, 1.54) is 22.7 Å². The molecule has 8 heteroatoms. The lowest BCUT2D eigenvalue weighted by Gasteiger charge is -2.17. The Morgan fingerprint density at radius 1 is 1.06 bits per heavy atom. The standard InChI is InChI=1S/C23H23ClN2O3S2/c1-4-26(5-2)23(29)20-11-10-19(31-20)18(27)12-25-14(3)17-13-30-22(21(17)28)15-6-8-16(24)9-7-15/h6-11,13,28H,4-5,12H2,1-3H3. The molecule has 3 rings (SSSR count). The first-order valence-electron chi connectivity index (χ1n) is 9.85. The number of rotatable bonds is 8. The highest BCUT2D eigenvalue weighted by Gasteiger charge is 2.18. The van der Waals surface area contributed by atoms with Gasteiger partial charge in [0.1, 0.15) is 12.3 Å². The second-order valence-corrected chi connectivity index (χ2v) is 9.20. The van der Waals surface area contributed by atoms with Crippen molar-refractivity contribution in [3.63, 3.8) is 0 Å². The molecule has 1 aromatic carbocycles. The van der Waals surface area contributed by atoms with E-state index in [2.05, 4.69) is 4.99 Å². The van der Waals surface area contributed by atoms with E-state index in [4.69, 9.17) is 11.6 Å². The van der Waals surface area contributed by atoms with Crippen molar-refractivity contribution < 1.29 is 14.7 Å². The maximum atomic E-state index is 12.6. The van der Waals surface area contributed by atoms with Crippen molar-refractivity contribution in [1.82, 2.24) is 4.90 Å². The van der Waals surface area contributed by atoms with Crippen molar-refractivity contribution in [2.45, 2.75) is 20.8 Å². The maximum Gasteiger partial charge on any atom is 0.263 e. The Morgan fingerprint density at radius 3 is 2.35 bits per heavy atom. The van der Waals surface area contributed by atoms with Crippen LogP contribution in [0, 0.1) is 0 Å². The minimum atomic E-state index is -0.157. The summed E-state index contributed by atoms with van der Waals surface area (Å²) < 4.78 is 0. The number of ketones is 1. The average molecular weight is 475 g/mol. The van der Waals surface area contributed by atoms with Crippen molar-refractivity contribution >= 4 is 51.7 Å². The Hall–Kier alpha value is -2.48. The van der Waals surface area contributed by atoms with Crippen molar-refractivity contribution in [2.24, 2.45) is 4.99 Å². The number of amides is 1. The van der Waals surface area contributed by atoms with Gasteiger partial charge in [0.2, 0.25) is 0 Å². The summed E-state index contributed by atoms with van der Waals surface area (Å²) in [6, 6.07) is 10.6. The van der Waals surface area contributed by atoms with Crippen LogP contribution in [0.3, 0.4) is 0 Å². The van der Waals surface area contributed by atoms with Crippen LogP contribution in [-0.4, -0.2) is 47.0 Å². The summed E-state index contributed by atoms with van der Waals surface area (Å²) in [7, 11) is 0. The molecule has 0 radical (unpaired) electrons. The molecule has 0 aliphatic carbocycles. The number of carbonyl (C=O) groups excluding carboxylic acids is 2. The van der Waals surface area contributed by atoms with E-state index in [-0.39, 0.29) is 24.0 Å². The fourth-order valence-electron chi connectivity index (χ4n) is 3.04. The fraction of sp³-hybridized carbons (Fsp3) is 0.261. The van der Waals surface area contributed by atoms with Crippen LogP contribution in [0.25, 0.3) is 10.4 Å². The number of aromatic hydroxyl groups is 1. The van der Waals surface area contributed by atoms with Crippen molar-refractivity contribution in [3.05, 3.63) is 62.1 Å². The predicted octanol–water partition coefficient (Wildman–Crippen LogP) is 6.01. The van der Waals surface area contributed by atoms with Gasteiger partial charge in [0, 0.05) is 34.8 Å². The zero-order valence-electron chi connectivity index (χ0n) is 17.5. The van der Waals surface area contributed by atoms with Crippen LogP contribution in [0.5, 0.6) is 5.75 Å². The minimum absolute atomic E-state index is 0.0448. The predicted molar refractivity (Wildman–Crippen MR) is 129 cm³/mol. The van der Waals surface area contributed by atoms with E-state index < -0.39 is 0 Å². The molecule has 0 saturated carbocycles. The number of nitrogens with zero attached hydrogens (tertiary/aromatic N) is 2. The van der Waals surface area contributed by atoms with Crippen molar-refractivity contribution in [1.29, 1.82) is 0 Å². The molecule has 1 amide bonds. The molecule has 1 N–H and O–H groups in total. The molecule has 162 valence electrons. The molecular formula is C23H23ClN2O3S2. The van der Waals surface area contributed by atoms with Crippen LogP contribution < -0.4 is 0 Å². The van der Waals surface area contributed by atoms with Crippen molar-refractivity contribution in [3.8, 4) is 16.2 Å². The molecule has 2 aromatic heterocycles. The zero-order valence-corrected chi connectivity index (χ0v) is 19.9. The molecule has 0 aliphatic heterocycles. The highest BCUT2D eigenvalue weighted by molar-refractivity contribution is 7.16. The van der Waals surface area contributed by atoms with Gasteiger partial charge in [-0.15, -0.1) is 22.7 Å². The van der Waals surface area contributed by atoms with Crippen LogP contribution >= 0.6 is 34.3 Å².